The molecule has 2 N–H and O–H groups in total. The highest BCUT2D eigenvalue weighted by atomic mass is 16.4. The molecule has 0 aliphatic rings. The Bertz CT molecular complexity index is 269. The first kappa shape index (κ1) is 16.7. The first-order chi connectivity index (χ1) is 8.43. The fourth-order valence-electron chi connectivity index (χ4n) is 1.70. The normalized spacial score (nSPS) is 13.8. The lowest BCUT2D eigenvalue weighted by Gasteiger charge is -2.27. The number of hydrogen-bond acceptors (Lipinski definition) is 2. The van der Waals surface area contributed by atoms with Crippen LogP contribution in [0.2, 0.25) is 0 Å². The van der Waals surface area contributed by atoms with E-state index in [0.717, 1.165) is 6.42 Å². The minimum atomic E-state index is -0.781. The maximum Gasteiger partial charge on any atom is 0.317 e. The number of carbonyl (C=O) groups excluding carboxylic acids is 1. The van der Waals surface area contributed by atoms with Crippen molar-refractivity contribution in [3.63, 3.8) is 0 Å². The Kier molecular flexibility index (Phi) is 8.16. The molecular weight excluding hydrogens is 232 g/mol. The highest BCUT2D eigenvalue weighted by Crippen LogP contribution is 2.06. The van der Waals surface area contributed by atoms with Crippen molar-refractivity contribution in [3.05, 3.63) is 0 Å². The summed E-state index contributed by atoms with van der Waals surface area (Å²) in [4.78, 5) is 24.3. The molecule has 0 saturated carbocycles. The first-order valence-corrected chi connectivity index (χ1v) is 6.71. The Morgan fingerprint density at radius 2 is 1.89 bits per heavy atom. The third-order valence-corrected chi connectivity index (χ3v) is 3.24. The SMILES string of the molecule is CCC(C)N(CC)C(=O)NCCCC(C)C(=O)O. The molecule has 0 aliphatic carbocycles. The number of amides is 2. The van der Waals surface area contributed by atoms with Crippen molar-refractivity contribution in [1.82, 2.24) is 10.2 Å². The van der Waals surface area contributed by atoms with E-state index in [9.17, 15) is 9.59 Å². The van der Waals surface area contributed by atoms with Crippen LogP contribution in [0.15, 0.2) is 0 Å². The summed E-state index contributed by atoms with van der Waals surface area (Å²) in [6.07, 6.45) is 2.21. The van der Waals surface area contributed by atoms with E-state index in [1.807, 2.05) is 13.8 Å². The zero-order chi connectivity index (χ0) is 14.1. The topological polar surface area (TPSA) is 69.6 Å². The van der Waals surface area contributed by atoms with E-state index in [-0.39, 0.29) is 18.0 Å². The lowest BCUT2D eigenvalue weighted by Crippen LogP contribution is -2.45. The zero-order valence-corrected chi connectivity index (χ0v) is 11.9. The minimum Gasteiger partial charge on any atom is -0.481 e. The number of rotatable bonds is 8. The third kappa shape index (κ3) is 5.89. The Morgan fingerprint density at radius 1 is 1.28 bits per heavy atom. The predicted octanol–water partition coefficient (Wildman–Crippen LogP) is 2.32. The smallest absolute Gasteiger partial charge is 0.317 e. The average Bonchev–Trinajstić information content (AvgIpc) is 2.34. The molecule has 0 saturated heterocycles. The van der Waals surface area contributed by atoms with Crippen molar-refractivity contribution in [2.45, 2.75) is 53.0 Å². The molecule has 2 unspecified atom stereocenters. The van der Waals surface area contributed by atoms with Gasteiger partial charge in [-0.25, -0.2) is 4.79 Å². The van der Waals surface area contributed by atoms with Crippen molar-refractivity contribution in [1.29, 1.82) is 0 Å². The lowest BCUT2D eigenvalue weighted by atomic mass is 10.1. The van der Waals surface area contributed by atoms with Crippen LogP contribution in [0.25, 0.3) is 0 Å². The summed E-state index contributed by atoms with van der Waals surface area (Å²) in [6, 6.07) is 0.169. The van der Waals surface area contributed by atoms with E-state index in [0.29, 0.717) is 25.9 Å². The number of aliphatic carboxylic acids is 1. The molecule has 0 aromatic rings. The third-order valence-electron chi connectivity index (χ3n) is 3.24. The average molecular weight is 258 g/mol. The molecule has 106 valence electrons. The van der Waals surface area contributed by atoms with Crippen molar-refractivity contribution >= 4 is 12.0 Å². The quantitative estimate of drug-likeness (QED) is 0.656. The monoisotopic (exact) mass is 258 g/mol. The van der Waals surface area contributed by atoms with Gasteiger partial charge in [0.2, 0.25) is 0 Å². The van der Waals surface area contributed by atoms with Crippen LogP contribution in [0.3, 0.4) is 0 Å². The van der Waals surface area contributed by atoms with E-state index >= 15 is 0 Å². The van der Waals surface area contributed by atoms with Crippen LogP contribution in [0.1, 0.15) is 47.0 Å². The number of nitrogens with one attached hydrogen (secondary N) is 1. The maximum absolute atomic E-state index is 11.9. The summed E-state index contributed by atoms with van der Waals surface area (Å²) in [6.45, 7) is 8.93. The summed E-state index contributed by atoms with van der Waals surface area (Å²) < 4.78 is 0. The molecule has 0 fully saturated rings. The van der Waals surface area contributed by atoms with Crippen molar-refractivity contribution in [2.75, 3.05) is 13.1 Å². The largest absolute Gasteiger partial charge is 0.481 e. The van der Waals surface area contributed by atoms with Gasteiger partial charge in [0.25, 0.3) is 0 Å². The number of carboxylic acids is 1. The highest BCUT2D eigenvalue weighted by Gasteiger charge is 2.16. The van der Waals surface area contributed by atoms with Crippen LogP contribution in [0.4, 0.5) is 4.79 Å². The molecule has 0 aromatic heterocycles. The molecule has 0 aromatic carbocycles. The van der Waals surface area contributed by atoms with Gasteiger partial charge < -0.3 is 15.3 Å². The molecular formula is C13H26N2O3. The van der Waals surface area contributed by atoms with Crippen LogP contribution in [-0.4, -0.2) is 41.1 Å². The second-order valence-corrected chi connectivity index (χ2v) is 4.66. The van der Waals surface area contributed by atoms with Gasteiger partial charge in [0.05, 0.1) is 5.92 Å². The number of carboxylic acid groups (broad SMARTS) is 1. The molecule has 2 atom stereocenters. The Morgan fingerprint density at radius 3 is 2.33 bits per heavy atom. The Labute approximate surface area is 110 Å². The molecule has 0 rings (SSSR count). The van der Waals surface area contributed by atoms with Gasteiger partial charge in [-0.2, -0.15) is 0 Å². The predicted molar refractivity (Wildman–Crippen MR) is 71.6 cm³/mol. The van der Waals surface area contributed by atoms with E-state index in [1.165, 1.54) is 0 Å². The standard InChI is InChI=1S/C13H26N2O3/c1-5-11(4)15(6-2)13(18)14-9-7-8-10(3)12(16)17/h10-11H,5-9H2,1-4H3,(H,14,18)(H,16,17). The van der Waals surface area contributed by atoms with Crippen molar-refractivity contribution in [3.8, 4) is 0 Å². The Balaban J connectivity index is 3.92. The molecule has 2 amide bonds. The first-order valence-electron chi connectivity index (χ1n) is 6.71. The van der Waals surface area contributed by atoms with Gasteiger partial charge in [0, 0.05) is 19.1 Å². The summed E-state index contributed by atoms with van der Waals surface area (Å²) in [5.41, 5.74) is 0. The number of urea groups is 1. The molecule has 5 nitrogen and oxygen atoms in total. The Hall–Kier alpha value is -1.26. The van der Waals surface area contributed by atoms with E-state index in [1.54, 1.807) is 11.8 Å². The molecule has 0 heterocycles. The minimum absolute atomic E-state index is 0.0603. The van der Waals surface area contributed by atoms with Gasteiger partial charge in [0.1, 0.15) is 0 Å². The molecule has 0 aliphatic heterocycles. The second-order valence-electron chi connectivity index (χ2n) is 4.66. The van der Waals surface area contributed by atoms with Crippen LogP contribution in [-0.2, 0) is 4.79 Å². The van der Waals surface area contributed by atoms with Gasteiger partial charge in [-0.1, -0.05) is 13.8 Å². The summed E-state index contributed by atoms with van der Waals surface area (Å²) >= 11 is 0. The fourth-order valence-corrected chi connectivity index (χ4v) is 1.70. The van der Waals surface area contributed by atoms with Crippen LogP contribution in [0.5, 0.6) is 0 Å². The molecule has 0 bridgehead atoms. The summed E-state index contributed by atoms with van der Waals surface area (Å²) in [7, 11) is 0. The molecule has 0 radical (unpaired) electrons. The van der Waals surface area contributed by atoms with E-state index < -0.39 is 5.97 Å². The van der Waals surface area contributed by atoms with Gasteiger partial charge in [-0.3, -0.25) is 4.79 Å². The van der Waals surface area contributed by atoms with E-state index in [4.69, 9.17) is 5.11 Å². The molecule has 18 heavy (non-hydrogen) atoms. The van der Waals surface area contributed by atoms with Gasteiger partial charge in [-0.05, 0) is 33.1 Å². The van der Waals surface area contributed by atoms with Crippen molar-refractivity contribution < 1.29 is 14.7 Å². The van der Waals surface area contributed by atoms with Crippen molar-refractivity contribution in [2.24, 2.45) is 5.92 Å². The van der Waals surface area contributed by atoms with Crippen LogP contribution in [0, 0.1) is 5.92 Å². The highest BCUT2D eigenvalue weighted by molar-refractivity contribution is 5.74. The number of hydrogen-bond donors (Lipinski definition) is 2. The van der Waals surface area contributed by atoms with Crippen LogP contribution >= 0.6 is 0 Å². The summed E-state index contributed by atoms with van der Waals surface area (Å²) in [5, 5.41) is 11.6. The van der Waals surface area contributed by atoms with Gasteiger partial charge >= 0.3 is 12.0 Å². The second kappa shape index (κ2) is 8.78. The van der Waals surface area contributed by atoms with E-state index in [2.05, 4.69) is 12.2 Å². The number of carbonyl (C=O) groups is 2. The maximum atomic E-state index is 11.9. The van der Waals surface area contributed by atoms with Gasteiger partial charge in [-0.15, -0.1) is 0 Å². The van der Waals surface area contributed by atoms with Crippen LogP contribution < -0.4 is 5.32 Å². The fraction of sp³-hybridized carbons (Fsp3) is 0.846. The molecule has 0 spiro atoms. The zero-order valence-electron chi connectivity index (χ0n) is 11.9. The lowest BCUT2D eigenvalue weighted by molar-refractivity contribution is -0.141. The van der Waals surface area contributed by atoms with Gasteiger partial charge in [0.15, 0.2) is 0 Å². The number of nitrogens with zero attached hydrogens (tertiary/aromatic N) is 1. The molecule has 5 heteroatoms. The summed E-state index contributed by atoms with van der Waals surface area (Å²) in [5.74, 6) is -1.13.